The van der Waals surface area contributed by atoms with Gasteiger partial charge in [-0.2, -0.15) is 4.21 Å². The van der Waals surface area contributed by atoms with Crippen molar-refractivity contribution < 1.29 is 12.6 Å². The number of hydrogen-bond acceptors (Lipinski definition) is 3. The zero-order valence-corrected chi connectivity index (χ0v) is 6.15. The van der Waals surface area contributed by atoms with Crippen molar-refractivity contribution in [1.82, 2.24) is 0 Å². The predicted octanol–water partition coefficient (Wildman–Crippen LogP) is 0.781. The maximum absolute atomic E-state index is 10.4. The van der Waals surface area contributed by atoms with Gasteiger partial charge in [-0.3, -0.25) is 8.37 Å². The first kappa shape index (κ1) is 7.18. The SMILES string of the molecule is CCC[C@H]1COS(=O)O1. The van der Waals surface area contributed by atoms with Gasteiger partial charge in [0.2, 0.25) is 0 Å². The summed E-state index contributed by atoms with van der Waals surface area (Å²) in [5.41, 5.74) is 0. The van der Waals surface area contributed by atoms with Gasteiger partial charge in [-0.1, -0.05) is 13.3 Å². The van der Waals surface area contributed by atoms with Crippen molar-refractivity contribution >= 4 is 11.4 Å². The van der Waals surface area contributed by atoms with E-state index in [0.717, 1.165) is 12.8 Å². The quantitative estimate of drug-likeness (QED) is 0.583. The van der Waals surface area contributed by atoms with Gasteiger partial charge in [-0.05, 0) is 6.42 Å². The topological polar surface area (TPSA) is 35.5 Å². The first-order chi connectivity index (χ1) is 4.33. The van der Waals surface area contributed by atoms with Crippen LogP contribution in [0.1, 0.15) is 19.8 Å². The maximum Gasteiger partial charge on any atom is 0.305 e. The standard InChI is InChI=1S/C5H10O3S/c1-2-3-5-4-7-9(6)8-5/h5H,2-4H2,1H3/t5-,9?/m0/s1. The molecule has 0 bridgehead atoms. The third kappa shape index (κ3) is 2.04. The van der Waals surface area contributed by atoms with Crippen molar-refractivity contribution in [2.75, 3.05) is 6.61 Å². The van der Waals surface area contributed by atoms with Gasteiger partial charge in [-0.15, -0.1) is 0 Å². The Labute approximate surface area is 57.2 Å². The van der Waals surface area contributed by atoms with E-state index in [1.807, 2.05) is 0 Å². The molecule has 2 atom stereocenters. The summed E-state index contributed by atoms with van der Waals surface area (Å²) < 4.78 is 19.9. The Kier molecular flexibility index (Phi) is 2.63. The molecule has 0 radical (unpaired) electrons. The number of rotatable bonds is 2. The highest BCUT2D eigenvalue weighted by Gasteiger charge is 2.21. The highest BCUT2D eigenvalue weighted by atomic mass is 32.2. The normalized spacial score (nSPS) is 35.2. The van der Waals surface area contributed by atoms with Crippen molar-refractivity contribution in [2.45, 2.75) is 25.9 Å². The van der Waals surface area contributed by atoms with Gasteiger partial charge in [0.05, 0.1) is 6.61 Å². The largest absolute Gasteiger partial charge is 0.305 e. The van der Waals surface area contributed by atoms with Crippen LogP contribution in [0.5, 0.6) is 0 Å². The Morgan fingerprint density at radius 2 is 2.56 bits per heavy atom. The van der Waals surface area contributed by atoms with Crippen LogP contribution in [-0.2, 0) is 19.7 Å². The molecule has 0 aliphatic carbocycles. The Balaban J connectivity index is 2.22. The molecule has 0 aromatic carbocycles. The molecule has 4 heteroatoms. The highest BCUT2D eigenvalue weighted by Crippen LogP contribution is 2.12. The molecule has 1 unspecified atom stereocenters. The van der Waals surface area contributed by atoms with Crippen LogP contribution in [-0.4, -0.2) is 16.9 Å². The Morgan fingerprint density at radius 1 is 1.78 bits per heavy atom. The Hall–Kier alpha value is 0.0700. The molecule has 0 aromatic heterocycles. The van der Waals surface area contributed by atoms with Crippen LogP contribution in [0.25, 0.3) is 0 Å². The zero-order valence-electron chi connectivity index (χ0n) is 5.33. The smallest absolute Gasteiger partial charge is 0.266 e. The fraction of sp³-hybridized carbons (Fsp3) is 1.00. The maximum atomic E-state index is 10.4. The molecule has 0 aromatic rings. The Morgan fingerprint density at radius 3 is 3.00 bits per heavy atom. The molecule has 0 N–H and O–H groups in total. The second kappa shape index (κ2) is 3.29. The predicted molar refractivity (Wildman–Crippen MR) is 33.9 cm³/mol. The lowest BCUT2D eigenvalue weighted by Crippen LogP contribution is -2.07. The van der Waals surface area contributed by atoms with E-state index in [-0.39, 0.29) is 6.10 Å². The van der Waals surface area contributed by atoms with Gasteiger partial charge in [0.15, 0.2) is 0 Å². The molecule has 1 rings (SSSR count). The fourth-order valence-electron chi connectivity index (χ4n) is 0.752. The lowest BCUT2D eigenvalue weighted by molar-refractivity contribution is 0.226. The van der Waals surface area contributed by atoms with E-state index in [1.165, 1.54) is 0 Å². The van der Waals surface area contributed by atoms with E-state index in [9.17, 15) is 4.21 Å². The fourth-order valence-corrected chi connectivity index (χ4v) is 1.44. The van der Waals surface area contributed by atoms with E-state index in [4.69, 9.17) is 4.18 Å². The lowest BCUT2D eigenvalue weighted by atomic mass is 10.2. The molecule has 0 saturated carbocycles. The van der Waals surface area contributed by atoms with Crippen LogP contribution in [0, 0.1) is 0 Å². The summed E-state index contributed by atoms with van der Waals surface area (Å²) in [6.07, 6.45) is 2.05. The molecule has 1 saturated heterocycles. The number of hydrogen-bond donors (Lipinski definition) is 0. The van der Waals surface area contributed by atoms with Crippen LogP contribution in [0.3, 0.4) is 0 Å². The van der Waals surface area contributed by atoms with E-state index in [0.29, 0.717) is 6.61 Å². The van der Waals surface area contributed by atoms with E-state index >= 15 is 0 Å². The van der Waals surface area contributed by atoms with Crippen LogP contribution >= 0.6 is 0 Å². The van der Waals surface area contributed by atoms with E-state index < -0.39 is 11.4 Å². The summed E-state index contributed by atoms with van der Waals surface area (Å²) in [6, 6.07) is 0. The van der Waals surface area contributed by atoms with Crippen molar-refractivity contribution in [3.8, 4) is 0 Å². The van der Waals surface area contributed by atoms with Gasteiger partial charge in [0.25, 0.3) is 0 Å². The van der Waals surface area contributed by atoms with Gasteiger partial charge < -0.3 is 0 Å². The monoisotopic (exact) mass is 150 g/mol. The van der Waals surface area contributed by atoms with Crippen LogP contribution in [0.15, 0.2) is 0 Å². The van der Waals surface area contributed by atoms with E-state index in [2.05, 4.69) is 11.1 Å². The van der Waals surface area contributed by atoms with Crippen molar-refractivity contribution in [3.05, 3.63) is 0 Å². The molecule has 54 valence electrons. The van der Waals surface area contributed by atoms with Crippen LogP contribution in [0.4, 0.5) is 0 Å². The highest BCUT2D eigenvalue weighted by molar-refractivity contribution is 7.75. The van der Waals surface area contributed by atoms with Crippen molar-refractivity contribution in [1.29, 1.82) is 0 Å². The molecule has 0 spiro atoms. The minimum absolute atomic E-state index is 0.0656. The summed E-state index contributed by atoms with van der Waals surface area (Å²) in [5.74, 6) is 0. The molecule has 0 amide bonds. The summed E-state index contributed by atoms with van der Waals surface area (Å²) >= 11 is -1.45. The lowest BCUT2D eigenvalue weighted by Gasteiger charge is -1.99. The van der Waals surface area contributed by atoms with Gasteiger partial charge in [-0.25, -0.2) is 0 Å². The first-order valence-corrected chi connectivity index (χ1v) is 4.05. The van der Waals surface area contributed by atoms with Crippen molar-refractivity contribution in [2.24, 2.45) is 0 Å². The Bertz CT molecular complexity index is 115. The minimum Gasteiger partial charge on any atom is -0.266 e. The van der Waals surface area contributed by atoms with E-state index in [1.54, 1.807) is 0 Å². The molecule has 1 fully saturated rings. The second-order valence-electron chi connectivity index (χ2n) is 2.00. The second-order valence-corrected chi connectivity index (χ2v) is 2.83. The van der Waals surface area contributed by atoms with Crippen LogP contribution in [0.2, 0.25) is 0 Å². The third-order valence-electron chi connectivity index (χ3n) is 1.18. The molecule has 1 aliphatic heterocycles. The van der Waals surface area contributed by atoms with Crippen molar-refractivity contribution in [3.63, 3.8) is 0 Å². The van der Waals surface area contributed by atoms with Gasteiger partial charge >= 0.3 is 11.4 Å². The summed E-state index contributed by atoms with van der Waals surface area (Å²) in [7, 11) is 0. The zero-order chi connectivity index (χ0) is 6.69. The minimum atomic E-state index is -1.45. The summed E-state index contributed by atoms with van der Waals surface area (Å²) in [5, 5.41) is 0. The molecule has 1 aliphatic rings. The first-order valence-electron chi connectivity index (χ1n) is 3.05. The molecule has 1 heterocycles. The van der Waals surface area contributed by atoms with Gasteiger partial charge in [0, 0.05) is 0 Å². The average Bonchev–Trinajstić information content (AvgIpc) is 2.17. The molecule has 9 heavy (non-hydrogen) atoms. The van der Waals surface area contributed by atoms with Gasteiger partial charge in [0.1, 0.15) is 6.10 Å². The molecular weight excluding hydrogens is 140 g/mol. The molecule has 3 nitrogen and oxygen atoms in total. The molecular formula is C5H10O3S. The average molecular weight is 150 g/mol. The van der Waals surface area contributed by atoms with Crippen LogP contribution < -0.4 is 0 Å². The third-order valence-corrected chi connectivity index (χ3v) is 1.93. The summed E-state index contributed by atoms with van der Waals surface area (Å²) in [4.78, 5) is 0. The summed E-state index contributed by atoms with van der Waals surface area (Å²) in [6.45, 7) is 2.55.